The van der Waals surface area contributed by atoms with Crippen molar-refractivity contribution in [1.82, 2.24) is 5.32 Å². The Morgan fingerprint density at radius 2 is 2.11 bits per heavy atom. The van der Waals surface area contributed by atoms with Crippen LogP contribution in [0.25, 0.3) is 0 Å². The Bertz CT molecular complexity index is 371. The number of nitrogens with one attached hydrogen (secondary N) is 1. The molecule has 1 saturated carbocycles. The second-order valence-electron chi connectivity index (χ2n) is 5.93. The molecule has 0 aliphatic heterocycles. The SMILES string of the molecule is CC(C)CC(O)CNCc1cccc(C2CC2)c1. The fourth-order valence-corrected chi connectivity index (χ4v) is 2.38. The molecule has 1 aromatic rings. The van der Waals surface area contributed by atoms with Crippen LogP contribution in [0.4, 0.5) is 0 Å². The van der Waals surface area contributed by atoms with Gasteiger partial charge >= 0.3 is 0 Å². The van der Waals surface area contributed by atoms with Gasteiger partial charge in [0, 0.05) is 13.1 Å². The van der Waals surface area contributed by atoms with Crippen molar-refractivity contribution in [3.8, 4) is 0 Å². The molecule has 0 heterocycles. The topological polar surface area (TPSA) is 32.3 Å². The second kappa shape index (κ2) is 6.35. The van der Waals surface area contributed by atoms with Gasteiger partial charge in [0.05, 0.1) is 6.10 Å². The minimum Gasteiger partial charge on any atom is -0.392 e. The Labute approximate surface area is 110 Å². The summed E-state index contributed by atoms with van der Waals surface area (Å²) in [6.07, 6.45) is 3.35. The first kappa shape index (κ1) is 13.6. The van der Waals surface area contributed by atoms with Crippen molar-refractivity contribution in [3.63, 3.8) is 0 Å². The minimum absolute atomic E-state index is 0.225. The van der Waals surface area contributed by atoms with E-state index in [9.17, 15) is 5.11 Å². The molecule has 2 rings (SSSR count). The predicted octanol–water partition coefficient (Wildman–Crippen LogP) is 3.06. The molecular weight excluding hydrogens is 222 g/mol. The molecule has 1 unspecified atom stereocenters. The molecule has 0 saturated heterocycles. The molecule has 0 aromatic heterocycles. The van der Waals surface area contributed by atoms with Gasteiger partial charge in [0.15, 0.2) is 0 Å². The van der Waals surface area contributed by atoms with Crippen LogP contribution in [0, 0.1) is 5.92 Å². The van der Waals surface area contributed by atoms with E-state index in [0.717, 1.165) is 18.9 Å². The molecule has 18 heavy (non-hydrogen) atoms. The quantitative estimate of drug-likeness (QED) is 0.776. The van der Waals surface area contributed by atoms with Crippen molar-refractivity contribution < 1.29 is 5.11 Å². The number of aliphatic hydroxyl groups excluding tert-OH is 1. The Hall–Kier alpha value is -0.860. The normalized spacial score (nSPS) is 17.1. The van der Waals surface area contributed by atoms with Crippen LogP contribution in [0.15, 0.2) is 24.3 Å². The third-order valence-electron chi connectivity index (χ3n) is 3.45. The van der Waals surface area contributed by atoms with Crippen LogP contribution in [-0.4, -0.2) is 17.8 Å². The van der Waals surface area contributed by atoms with Crippen LogP contribution in [0.1, 0.15) is 50.2 Å². The van der Waals surface area contributed by atoms with E-state index in [2.05, 4.69) is 43.4 Å². The van der Waals surface area contributed by atoms with Gasteiger partial charge in [-0.05, 0) is 42.2 Å². The van der Waals surface area contributed by atoms with Crippen molar-refractivity contribution >= 4 is 0 Å². The Kier molecular flexibility index (Phi) is 4.79. The lowest BCUT2D eigenvalue weighted by molar-refractivity contribution is 0.146. The fraction of sp³-hybridized carbons (Fsp3) is 0.625. The third-order valence-corrected chi connectivity index (χ3v) is 3.45. The zero-order valence-electron chi connectivity index (χ0n) is 11.5. The lowest BCUT2D eigenvalue weighted by Gasteiger charge is -2.14. The van der Waals surface area contributed by atoms with E-state index in [-0.39, 0.29) is 6.10 Å². The summed E-state index contributed by atoms with van der Waals surface area (Å²) in [5.41, 5.74) is 2.81. The van der Waals surface area contributed by atoms with Crippen LogP contribution >= 0.6 is 0 Å². The van der Waals surface area contributed by atoms with Gasteiger partial charge in [-0.25, -0.2) is 0 Å². The van der Waals surface area contributed by atoms with Crippen LogP contribution < -0.4 is 5.32 Å². The minimum atomic E-state index is -0.225. The fourth-order valence-electron chi connectivity index (χ4n) is 2.38. The number of aliphatic hydroxyl groups is 1. The molecule has 0 radical (unpaired) electrons. The van der Waals surface area contributed by atoms with Gasteiger partial charge in [-0.3, -0.25) is 0 Å². The highest BCUT2D eigenvalue weighted by atomic mass is 16.3. The monoisotopic (exact) mass is 247 g/mol. The molecule has 0 spiro atoms. The standard InChI is InChI=1S/C16H25NO/c1-12(2)8-16(18)11-17-10-13-4-3-5-15(9-13)14-6-7-14/h3-5,9,12,14,16-18H,6-8,10-11H2,1-2H3. The summed E-state index contributed by atoms with van der Waals surface area (Å²) in [5, 5.41) is 13.1. The van der Waals surface area contributed by atoms with Crippen LogP contribution in [0.2, 0.25) is 0 Å². The Morgan fingerprint density at radius 3 is 2.78 bits per heavy atom. The summed E-state index contributed by atoms with van der Waals surface area (Å²) in [4.78, 5) is 0. The maximum absolute atomic E-state index is 9.79. The first-order valence-electron chi connectivity index (χ1n) is 7.12. The van der Waals surface area contributed by atoms with Crippen LogP contribution in [0.5, 0.6) is 0 Å². The van der Waals surface area contributed by atoms with Crippen molar-refractivity contribution in [2.75, 3.05) is 6.54 Å². The first-order chi connectivity index (χ1) is 8.65. The number of hydrogen-bond donors (Lipinski definition) is 2. The highest BCUT2D eigenvalue weighted by Gasteiger charge is 2.23. The number of rotatable bonds is 7. The average molecular weight is 247 g/mol. The molecule has 0 bridgehead atoms. The molecule has 1 aliphatic carbocycles. The van der Waals surface area contributed by atoms with Crippen LogP contribution in [-0.2, 0) is 6.54 Å². The lowest BCUT2D eigenvalue weighted by Crippen LogP contribution is -2.27. The molecule has 1 fully saturated rings. The summed E-state index contributed by atoms with van der Waals surface area (Å²) in [6, 6.07) is 8.84. The van der Waals surface area contributed by atoms with Crippen molar-refractivity contribution in [1.29, 1.82) is 0 Å². The van der Waals surface area contributed by atoms with E-state index in [0.29, 0.717) is 12.5 Å². The predicted molar refractivity (Wildman–Crippen MR) is 75.6 cm³/mol. The van der Waals surface area contributed by atoms with E-state index in [1.807, 2.05) is 0 Å². The largest absolute Gasteiger partial charge is 0.392 e. The smallest absolute Gasteiger partial charge is 0.0667 e. The van der Waals surface area contributed by atoms with Gasteiger partial charge in [0.1, 0.15) is 0 Å². The van der Waals surface area contributed by atoms with E-state index < -0.39 is 0 Å². The van der Waals surface area contributed by atoms with Gasteiger partial charge in [0.25, 0.3) is 0 Å². The zero-order chi connectivity index (χ0) is 13.0. The number of hydrogen-bond acceptors (Lipinski definition) is 2. The van der Waals surface area contributed by atoms with Crippen molar-refractivity contribution in [2.24, 2.45) is 5.92 Å². The first-order valence-corrected chi connectivity index (χ1v) is 7.12. The molecular formula is C16H25NO. The molecule has 1 aromatic carbocycles. The number of benzene rings is 1. The van der Waals surface area contributed by atoms with E-state index in [1.54, 1.807) is 0 Å². The molecule has 1 atom stereocenters. The van der Waals surface area contributed by atoms with Gasteiger partial charge in [0.2, 0.25) is 0 Å². The van der Waals surface area contributed by atoms with E-state index in [4.69, 9.17) is 0 Å². The average Bonchev–Trinajstić information content (AvgIpc) is 3.12. The zero-order valence-corrected chi connectivity index (χ0v) is 11.5. The van der Waals surface area contributed by atoms with Crippen molar-refractivity contribution in [2.45, 2.75) is 51.7 Å². The van der Waals surface area contributed by atoms with Crippen LogP contribution in [0.3, 0.4) is 0 Å². The van der Waals surface area contributed by atoms with E-state index >= 15 is 0 Å². The molecule has 2 heteroatoms. The highest BCUT2D eigenvalue weighted by molar-refractivity contribution is 5.29. The maximum atomic E-state index is 9.79. The molecule has 100 valence electrons. The van der Waals surface area contributed by atoms with Gasteiger partial charge in [-0.1, -0.05) is 38.1 Å². The van der Waals surface area contributed by atoms with E-state index in [1.165, 1.54) is 24.0 Å². The van der Waals surface area contributed by atoms with Gasteiger partial charge in [-0.2, -0.15) is 0 Å². The molecule has 2 nitrogen and oxygen atoms in total. The summed E-state index contributed by atoms with van der Waals surface area (Å²) in [5.74, 6) is 1.37. The summed E-state index contributed by atoms with van der Waals surface area (Å²) >= 11 is 0. The molecule has 1 aliphatic rings. The summed E-state index contributed by atoms with van der Waals surface area (Å²) < 4.78 is 0. The maximum Gasteiger partial charge on any atom is 0.0667 e. The van der Waals surface area contributed by atoms with Gasteiger partial charge in [-0.15, -0.1) is 0 Å². The Morgan fingerprint density at radius 1 is 1.33 bits per heavy atom. The summed E-state index contributed by atoms with van der Waals surface area (Å²) in [6.45, 7) is 5.83. The third kappa shape index (κ3) is 4.43. The highest BCUT2D eigenvalue weighted by Crippen LogP contribution is 2.40. The second-order valence-corrected chi connectivity index (χ2v) is 5.93. The molecule has 0 amide bonds. The molecule has 2 N–H and O–H groups in total. The Balaban J connectivity index is 1.74. The van der Waals surface area contributed by atoms with Gasteiger partial charge < -0.3 is 10.4 Å². The van der Waals surface area contributed by atoms with Crippen molar-refractivity contribution in [3.05, 3.63) is 35.4 Å². The lowest BCUT2D eigenvalue weighted by atomic mass is 10.1. The summed E-state index contributed by atoms with van der Waals surface area (Å²) in [7, 11) is 0.